The number of fused-ring (bicyclic) bond motifs is 2. The summed E-state index contributed by atoms with van der Waals surface area (Å²) in [4.78, 5) is 72.6. The topological polar surface area (TPSA) is 481 Å². The Balaban J connectivity index is 1.00. The number of aromatic nitrogens is 8. The zero-order chi connectivity index (χ0) is 41.9. The molecule has 2 aliphatic rings. The predicted molar refractivity (Wildman–Crippen MR) is 177 cm³/mol. The van der Waals surface area contributed by atoms with Crippen molar-refractivity contribution >= 4 is 73.1 Å². The third-order valence-corrected chi connectivity index (χ3v) is 15.2. The first-order valence-corrected chi connectivity index (χ1v) is 22.5. The Morgan fingerprint density at radius 3 is 1.23 bits per heavy atom. The second-order valence-corrected chi connectivity index (χ2v) is 19.3. The second-order valence-electron chi connectivity index (χ2n) is 11.5. The van der Waals surface area contributed by atoms with E-state index in [0.717, 1.165) is 34.4 Å². The highest BCUT2D eigenvalue weighted by Crippen LogP contribution is 2.73. The van der Waals surface area contributed by atoms with E-state index in [-0.39, 0.29) is 34.0 Å². The summed E-state index contributed by atoms with van der Waals surface area (Å²) < 4.78 is 98.9. The third-order valence-electron chi connectivity index (χ3n) is 7.63. The fourth-order valence-electron chi connectivity index (χ4n) is 5.25. The van der Waals surface area contributed by atoms with Gasteiger partial charge in [0.05, 0.1) is 25.9 Å². The van der Waals surface area contributed by atoms with Crippen molar-refractivity contribution < 1.29 is 103 Å². The molecule has 4 aromatic heterocycles. The molecule has 2 aliphatic heterocycles. The number of nitrogens with zero attached hydrogens (tertiary/aromatic N) is 8. The van der Waals surface area contributed by atoms with Crippen molar-refractivity contribution in [3.8, 4) is 0 Å². The highest BCUT2D eigenvalue weighted by Gasteiger charge is 2.51. The Bertz CT molecular complexity index is 2230. The SMILES string of the molecule is Nc1ncnc2c1ncn2[C@H]1OC(COP(=O)(O)OP(=O)(O)OP(=O)(O)OP(=O)(O)OP(=O)(O)OCC2O[C@H](n3cnc4c(N)ncnc43)C(O)C2O)C(O)C1O. The molecule has 316 valence electrons. The van der Waals surface area contributed by atoms with Crippen molar-refractivity contribution in [3.63, 3.8) is 0 Å². The molecule has 0 saturated carbocycles. The van der Waals surface area contributed by atoms with E-state index in [1.54, 1.807) is 0 Å². The molecule has 0 amide bonds. The van der Waals surface area contributed by atoms with Gasteiger partial charge >= 0.3 is 39.1 Å². The quantitative estimate of drug-likeness (QED) is 0.0525. The predicted octanol–water partition coefficient (Wildman–Crippen LogP) is -2.33. The summed E-state index contributed by atoms with van der Waals surface area (Å²) >= 11 is 0. The van der Waals surface area contributed by atoms with E-state index in [2.05, 4.69) is 56.2 Å². The van der Waals surface area contributed by atoms with Crippen LogP contribution >= 0.6 is 39.1 Å². The molecule has 37 heteroatoms. The van der Waals surface area contributed by atoms with Gasteiger partial charge < -0.3 is 65.8 Å². The second kappa shape index (κ2) is 16.0. The first-order chi connectivity index (χ1) is 26.4. The largest absolute Gasteiger partial charge is 0.490 e. The van der Waals surface area contributed by atoms with E-state index in [4.69, 9.17) is 20.9 Å². The van der Waals surface area contributed by atoms with Crippen LogP contribution < -0.4 is 11.5 Å². The maximum atomic E-state index is 12.4. The minimum atomic E-state index is -6.45. The molecule has 2 fully saturated rings. The van der Waals surface area contributed by atoms with Crippen molar-refractivity contribution in [2.45, 2.75) is 49.1 Å². The van der Waals surface area contributed by atoms with Gasteiger partial charge in [-0.1, -0.05) is 0 Å². The number of aliphatic hydroxyl groups excluding tert-OH is 4. The van der Waals surface area contributed by atoms with Crippen molar-refractivity contribution in [1.82, 2.24) is 39.0 Å². The molecule has 0 bridgehead atoms. The number of nitrogens with two attached hydrogens (primary N) is 2. The van der Waals surface area contributed by atoms with Crippen LogP contribution in [0.15, 0.2) is 25.3 Å². The van der Waals surface area contributed by atoms with E-state index < -0.39 is 101 Å². The van der Waals surface area contributed by atoms with Gasteiger partial charge in [0.25, 0.3) is 0 Å². The number of imidazole rings is 2. The lowest BCUT2D eigenvalue weighted by Crippen LogP contribution is -2.33. The number of rotatable bonds is 16. The van der Waals surface area contributed by atoms with Crippen molar-refractivity contribution in [2.75, 3.05) is 24.7 Å². The number of phosphoric ester groups is 2. The summed E-state index contributed by atoms with van der Waals surface area (Å²) in [7, 11) is -30.8. The fraction of sp³-hybridized carbons (Fsp3) is 0.500. The molecule has 10 unspecified atom stereocenters. The van der Waals surface area contributed by atoms with Gasteiger partial charge in [-0.2, -0.15) is 17.2 Å². The lowest BCUT2D eigenvalue weighted by molar-refractivity contribution is -0.0503. The van der Waals surface area contributed by atoms with Crippen LogP contribution in [0.3, 0.4) is 0 Å². The smallest absolute Gasteiger partial charge is 0.387 e. The maximum absolute atomic E-state index is 12.4. The number of hydrogen-bond donors (Lipinski definition) is 11. The number of aliphatic hydroxyl groups is 4. The van der Waals surface area contributed by atoms with Gasteiger partial charge in [-0.15, -0.1) is 0 Å². The molecule has 32 nitrogen and oxygen atoms in total. The molecular formula is C20H29N10O22P5. The molecular weight excluding hydrogens is 887 g/mol. The van der Waals surface area contributed by atoms with Gasteiger partial charge in [0.15, 0.2) is 35.4 Å². The first kappa shape index (κ1) is 43.7. The average Bonchev–Trinajstić information content (AvgIpc) is 3.83. The van der Waals surface area contributed by atoms with Gasteiger partial charge in [0, 0.05) is 0 Å². The highest BCUT2D eigenvalue weighted by molar-refractivity contribution is 7.71. The Morgan fingerprint density at radius 1 is 0.544 bits per heavy atom. The molecule has 2 saturated heterocycles. The Hall–Kier alpha value is -2.83. The van der Waals surface area contributed by atoms with Gasteiger partial charge in [-0.25, -0.2) is 52.7 Å². The number of ether oxygens (including phenoxy) is 2. The minimum absolute atomic E-state index is 0.0385. The molecule has 0 aromatic carbocycles. The van der Waals surface area contributed by atoms with Crippen LogP contribution in [-0.4, -0.2) is 134 Å². The van der Waals surface area contributed by atoms with Crippen molar-refractivity contribution in [1.29, 1.82) is 0 Å². The highest BCUT2D eigenvalue weighted by atomic mass is 31.3. The van der Waals surface area contributed by atoms with E-state index in [9.17, 15) is 67.7 Å². The number of anilines is 2. The van der Waals surface area contributed by atoms with Gasteiger partial charge in [0.2, 0.25) is 0 Å². The number of hydrogen-bond acceptors (Lipinski definition) is 25. The van der Waals surface area contributed by atoms with Crippen LogP contribution in [0.25, 0.3) is 22.3 Å². The molecule has 0 aliphatic carbocycles. The zero-order valence-corrected chi connectivity index (χ0v) is 32.1. The lowest BCUT2D eigenvalue weighted by atomic mass is 10.1. The van der Waals surface area contributed by atoms with Crippen LogP contribution in [0.1, 0.15) is 12.5 Å². The number of nitrogen functional groups attached to an aromatic ring is 2. The standard InChI is InChI=1S/C20H29N10O22P5/c21-15-9-17(25-3-23-15)29(5-27-9)19-13(33)11(31)7(47-19)1-45-53(35,36)49-55(39,40)51-57(43,44)52-56(41,42)50-54(37,38)46-2-8-12(32)14(34)20(48-8)30-6-28-10-16(22)24-4-26-18(10)30/h3-8,11-14,19-20,31-34H,1-2H2,(H,35,36)(H,37,38)(H,39,40)(H,41,42)(H,43,44)(H2,21,23,25)(H2,22,24,26)/t7?,8?,11?,12?,13?,14?,19-,20-/m0/s1. The number of phosphoric acid groups is 5. The summed E-state index contributed by atoms with van der Waals surface area (Å²) in [6.07, 6.45) is -9.04. The Kier molecular flexibility index (Phi) is 12.3. The van der Waals surface area contributed by atoms with Gasteiger partial charge in [0.1, 0.15) is 60.3 Å². The molecule has 12 atom stereocenters. The maximum Gasteiger partial charge on any atom is 0.490 e. The average molecular weight is 916 g/mol. The fourth-order valence-corrected chi connectivity index (χ4v) is 11.6. The van der Waals surface area contributed by atoms with Gasteiger partial charge in [-0.3, -0.25) is 18.2 Å². The molecule has 57 heavy (non-hydrogen) atoms. The summed E-state index contributed by atoms with van der Waals surface area (Å²) in [5.41, 5.74) is 11.7. The molecule has 13 N–H and O–H groups in total. The summed E-state index contributed by atoms with van der Waals surface area (Å²) in [5.74, 6) is -0.0770. The zero-order valence-electron chi connectivity index (χ0n) is 27.6. The normalized spacial score (nSPS) is 30.8. The minimum Gasteiger partial charge on any atom is -0.387 e. The molecule has 0 radical (unpaired) electrons. The first-order valence-electron chi connectivity index (χ1n) is 15.1. The summed E-state index contributed by atoms with van der Waals surface area (Å²) in [6, 6.07) is 0. The van der Waals surface area contributed by atoms with E-state index in [0.29, 0.717) is 0 Å². The molecule has 6 rings (SSSR count). The lowest BCUT2D eigenvalue weighted by Gasteiger charge is -2.21. The van der Waals surface area contributed by atoms with Gasteiger partial charge in [-0.05, 0) is 0 Å². The summed E-state index contributed by atoms with van der Waals surface area (Å²) in [5, 5.41) is 41.8. The van der Waals surface area contributed by atoms with E-state index in [1.807, 2.05) is 0 Å². The van der Waals surface area contributed by atoms with Crippen LogP contribution in [-0.2, 0) is 58.6 Å². The molecule has 4 aromatic rings. The van der Waals surface area contributed by atoms with E-state index in [1.165, 1.54) is 0 Å². The summed E-state index contributed by atoms with van der Waals surface area (Å²) in [6.45, 7) is -2.34. The van der Waals surface area contributed by atoms with Crippen LogP contribution in [0, 0.1) is 0 Å². The van der Waals surface area contributed by atoms with E-state index >= 15 is 0 Å². The van der Waals surface area contributed by atoms with Crippen LogP contribution in [0.2, 0.25) is 0 Å². The van der Waals surface area contributed by atoms with Crippen LogP contribution in [0.4, 0.5) is 11.6 Å². The monoisotopic (exact) mass is 916 g/mol. The molecule has 6 heterocycles. The Labute approximate surface area is 314 Å². The third kappa shape index (κ3) is 9.80. The molecule has 0 spiro atoms. The van der Waals surface area contributed by atoms with Crippen molar-refractivity contribution in [2.24, 2.45) is 0 Å². The Morgan fingerprint density at radius 2 is 0.877 bits per heavy atom. The van der Waals surface area contributed by atoms with Crippen molar-refractivity contribution in [3.05, 3.63) is 25.3 Å². The van der Waals surface area contributed by atoms with Crippen LogP contribution in [0.5, 0.6) is 0 Å².